The summed E-state index contributed by atoms with van der Waals surface area (Å²) in [5.41, 5.74) is 1.00. The average Bonchev–Trinajstić information content (AvgIpc) is 3.43. The van der Waals surface area contributed by atoms with Gasteiger partial charge in [0.1, 0.15) is 5.82 Å². The molecule has 0 saturated carbocycles. The lowest BCUT2D eigenvalue weighted by Gasteiger charge is -2.35. The number of morpholine rings is 1. The lowest BCUT2D eigenvalue weighted by atomic mass is 9.84. The zero-order valence-corrected chi connectivity index (χ0v) is 24.6. The number of alkyl halides is 3. The molecule has 3 aliphatic rings. The topological polar surface area (TPSA) is 103 Å². The molecule has 2 aromatic rings. The fourth-order valence-corrected chi connectivity index (χ4v) is 6.12. The number of aromatic nitrogens is 2. The molecular formula is C29H37F4N7O3. The van der Waals surface area contributed by atoms with Gasteiger partial charge in [0.25, 0.3) is 0 Å². The van der Waals surface area contributed by atoms with Crippen LogP contribution in [-0.2, 0) is 14.3 Å². The zero-order valence-electron chi connectivity index (χ0n) is 24.6. The summed E-state index contributed by atoms with van der Waals surface area (Å²) in [6.07, 6.45) is -1.80. The Hall–Kier alpha value is -3.52. The van der Waals surface area contributed by atoms with Crippen molar-refractivity contribution in [3.05, 3.63) is 30.3 Å². The van der Waals surface area contributed by atoms with Gasteiger partial charge < -0.3 is 30.1 Å². The van der Waals surface area contributed by atoms with Gasteiger partial charge in [0.2, 0.25) is 17.8 Å². The van der Waals surface area contributed by atoms with Crippen LogP contribution < -0.4 is 20.4 Å². The molecule has 2 N–H and O–H groups in total. The summed E-state index contributed by atoms with van der Waals surface area (Å²) in [7, 11) is 3.88. The van der Waals surface area contributed by atoms with Gasteiger partial charge in [0, 0.05) is 68.7 Å². The van der Waals surface area contributed by atoms with Crippen LogP contribution in [0.15, 0.2) is 24.5 Å². The quantitative estimate of drug-likeness (QED) is 0.483. The van der Waals surface area contributed by atoms with E-state index in [1.54, 1.807) is 0 Å². The van der Waals surface area contributed by atoms with Gasteiger partial charge in [-0.2, -0.15) is 13.2 Å². The van der Waals surface area contributed by atoms with Gasteiger partial charge in [-0.1, -0.05) is 0 Å². The van der Waals surface area contributed by atoms with Crippen LogP contribution in [0.4, 0.5) is 34.9 Å². The molecule has 5 rings (SSSR count). The van der Waals surface area contributed by atoms with Crippen LogP contribution in [-0.4, -0.2) is 97.9 Å². The maximum Gasteiger partial charge on any atom is 0.393 e. The Bertz CT molecular complexity index is 1330. The molecule has 1 aromatic heterocycles. The fraction of sp³-hybridized carbons (Fsp3) is 0.586. The van der Waals surface area contributed by atoms with Crippen LogP contribution in [0.25, 0.3) is 11.1 Å². The minimum Gasteiger partial charge on any atom is -0.372 e. The summed E-state index contributed by atoms with van der Waals surface area (Å²) in [5, 5.41) is 5.02. The second-order valence-corrected chi connectivity index (χ2v) is 11.9. The highest BCUT2D eigenvalue weighted by Crippen LogP contribution is 2.39. The molecule has 5 atom stereocenters. The predicted octanol–water partition coefficient (Wildman–Crippen LogP) is 3.29. The SMILES string of the molecule is C[C@@H]1CN(c2ncc(-c3cc(NC(=O)C4CNC(=O)CC4C(F)(F)F)c(N4CC[C@@H](N(C)C)C4)cc3F)cn2)C[C@H](C)O1. The first-order chi connectivity index (χ1) is 20.3. The van der Waals surface area contributed by atoms with E-state index in [1.165, 1.54) is 24.5 Å². The minimum absolute atomic E-state index is 0.00436. The number of amides is 2. The molecule has 3 fully saturated rings. The maximum atomic E-state index is 15.7. The number of carbonyl (C=O) groups is 2. The molecule has 0 aliphatic carbocycles. The number of carbonyl (C=O) groups excluding carboxylic acids is 2. The first-order valence-corrected chi connectivity index (χ1v) is 14.4. The monoisotopic (exact) mass is 607 g/mol. The van der Waals surface area contributed by atoms with E-state index in [-0.39, 0.29) is 29.5 Å². The third-order valence-electron chi connectivity index (χ3n) is 8.40. The van der Waals surface area contributed by atoms with Crippen molar-refractivity contribution in [2.75, 3.05) is 61.9 Å². The maximum absolute atomic E-state index is 15.7. The van der Waals surface area contributed by atoms with Gasteiger partial charge in [0.05, 0.1) is 35.4 Å². The number of hydrogen-bond acceptors (Lipinski definition) is 8. The van der Waals surface area contributed by atoms with Gasteiger partial charge in [0.15, 0.2) is 0 Å². The predicted molar refractivity (Wildman–Crippen MR) is 153 cm³/mol. The lowest BCUT2D eigenvalue weighted by Crippen LogP contribution is -2.50. The molecular weight excluding hydrogens is 570 g/mol. The van der Waals surface area contributed by atoms with Crippen molar-refractivity contribution in [2.45, 2.75) is 51.1 Å². The number of halogens is 4. The molecule has 1 aromatic carbocycles. The number of piperidine rings is 1. The molecule has 0 spiro atoms. The first kappa shape index (κ1) is 30.9. The van der Waals surface area contributed by atoms with Crippen LogP contribution >= 0.6 is 0 Å². The van der Waals surface area contributed by atoms with E-state index in [0.29, 0.717) is 43.4 Å². The highest BCUT2D eigenvalue weighted by atomic mass is 19.4. The van der Waals surface area contributed by atoms with E-state index in [4.69, 9.17) is 4.74 Å². The largest absolute Gasteiger partial charge is 0.393 e. The Labute approximate surface area is 247 Å². The Morgan fingerprint density at radius 2 is 1.77 bits per heavy atom. The molecule has 234 valence electrons. The van der Waals surface area contributed by atoms with Crippen molar-refractivity contribution >= 4 is 29.1 Å². The lowest BCUT2D eigenvalue weighted by molar-refractivity contribution is -0.197. The number of hydrogen-bond donors (Lipinski definition) is 2. The van der Waals surface area contributed by atoms with E-state index in [0.717, 1.165) is 6.42 Å². The van der Waals surface area contributed by atoms with E-state index in [1.807, 2.05) is 37.7 Å². The Balaban J connectivity index is 1.46. The smallest absolute Gasteiger partial charge is 0.372 e. The van der Waals surface area contributed by atoms with Crippen LogP contribution in [0.3, 0.4) is 0 Å². The summed E-state index contributed by atoms with van der Waals surface area (Å²) in [4.78, 5) is 39.9. The molecule has 0 radical (unpaired) electrons. The van der Waals surface area contributed by atoms with Crippen molar-refractivity contribution in [3.8, 4) is 11.1 Å². The van der Waals surface area contributed by atoms with Crippen molar-refractivity contribution in [1.82, 2.24) is 20.2 Å². The molecule has 0 bridgehead atoms. The second-order valence-electron chi connectivity index (χ2n) is 11.9. The summed E-state index contributed by atoms with van der Waals surface area (Å²) in [6, 6.07) is 2.90. The zero-order chi connectivity index (χ0) is 31.1. The normalized spacial score (nSPS) is 26.5. The van der Waals surface area contributed by atoms with Gasteiger partial charge in [-0.25, -0.2) is 14.4 Å². The average molecular weight is 608 g/mol. The molecule has 3 aliphatic heterocycles. The first-order valence-electron chi connectivity index (χ1n) is 14.4. The number of nitrogens with zero attached hydrogens (tertiary/aromatic N) is 5. The molecule has 14 heteroatoms. The summed E-state index contributed by atoms with van der Waals surface area (Å²) in [6.45, 7) is 5.81. The minimum atomic E-state index is -4.74. The summed E-state index contributed by atoms with van der Waals surface area (Å²) < 4.78 is 62.9. The van der Waals surface area contributed by atoms with Crippen LogP contribution in [0.2, 0.25) is 0 Å². The number of rotatable bonds is 6. The third kappa shape index (κ3) is 6.85. The van der Waals surface area contributed by atoms with Gasteiger partial charge in [-0.05, 0) is 46.5 Å². The highest BCUT2D eigenvalue weighted by Gasteiger charge is 2.50. The highest BCUT2D eigenvalue weighted by molar-refractivity contribution is 5.98. The molecule has 2 unspecified atom stereocenters. The van der Waals surface area contributed by atoms with Crippen molar-refractivity contribution in [3.63, 3.8) is 0 Å². The van der Waals surface area contributed by atoms with E-state index in [9.17, 15) is 22.8 Å². The van der Waals surface area contributed by atoms with E-state index >= 15 is 4.39 Å². The van der Waals surface area contributed by atoms with E-state index in [2.05, 4.69) is 25.5 Å². The van der Waals surface area contributed by atoms with Crippen LogP contribution in [0.1, 0.15) is 26.7 Å². The van der Waals surface area contributed by atoms with Gasteiger partial charge in [-0.15, -0.1) is 0 Å². The number of ether oxygens (including phenoxy) is 1. The van der Waals surface area contributed by atoms with E-state index < -0.39 is 48.6 Å². The number of nitrogens with one attached hydrogen (secondary N) is 2. The molecule has 3 saturated heterocycles. The Morgan fingerprint density at radius 3 is 2.37 bits per heavy atom. The Kier molecular flexibility index (Phi) is 8.80. The number of benzene rings is 1. The standard InChI is InChI=1S/C29H37F4N7O3/c1-16-13-40(14-17(2)43-16)28-35-10-18(11-36-28)20-7-24(25(9-23(20)30)39-6-5-19(15-39)38(3)4)37-27(42)21-12-34-26(41)8-22(21)29(31,32)33/h7,9-11,16-17,19,21-22H,5-6,8,12-15H2,1-4H3,(H,34,41)(H,37,42)/t16-,17+,19-,21?,22?/m1/s1. The van der Waals surface area contributed by atoms with Crippen molar-refractivity contribution < 1.29 is 31.9 Å². The third-order valence-corrected chi connectivity index (χ3v) is 8.40. The molecule has 4 heterocycles. The van der Waals surface area contributed by atoms with Crippen molar-refractivity contribution in [1.29, 1.82) is 0 Å². The van der Waals surface area contributed by atoms with Crippen molar-refractivity contribution in [2.24, 2.45) is 11.8 Å². The summed E-state index contributed by atoms with van der Waals surface area (Å²) in [5.74, 6) is -5.42. The number of anilines is 3. The van der Waals surface area contributed by atoms with Gasteiger partial charge in [-0.3, -0.25) is 9.59 Å². The number of likely N-dealkylation sites (N-methyl/N-ethyl adjacent to an activating group) is 1. The molecule has 10 nitrogen and oxygen atoms in total. The Morgan fingerprint density at radius 1 is 1.09 bits per heavy atom. The fourth-order valence-electron chi connectivity index (χ4n) is 6.12. The molecule has 2 amide bonds. The second kappa shape index (κ2) is 12.2. The summed E-state index contributed by atoms with van der Waals surface area (Å²) >= 11 is 0. The van der Waals surface area contributed by atoms with Gasteiger partial charge >= 0.3 is 6.18 Å². The molecule has 43 heavy (non-hydrogen) atoms. The van der Waals surface area contributed by atoms with Crippen LogP contribution in [0.5, 0.6) is 0 Å². The van der Waals surface area contributed by atoms with Crippen LogP contribution in [0, 0.1) is 17.7 Å².